The second kappa shape index (κ2) is 13.0. The number of piperazine rings is 1. The zero-order chi connectivity index (χ0) is 19.8. The number of benzene rings is 1. The lowest BCUT2D eigenvalue weighted by atomic mass is 9.78. The van der Waals surface area contributed by atoms with Crippen LogP contribution in [0, 0.1) is 5.41 Å². The molecule has 1 aromatic carbocycles. The van der Waals surface area contributed by atoms with Gasteiger partial charge in [-0.2, -0.15) is 0 Å². The first-order chi connectivity index (χ1) is 13.6. The molecule has 2 amide bonds. The van der Waals surface area contributed by atoms with Crippen LogP contribution in [-0.2, 0) is 14.3 Å². The largest absolute Gasteiger partial charge is 0.384 e. The fourth-order valence-electron chi connectivity index (χ4n) is 4.10. The molecule has 0 bridgehead atoms. The molecule has 0 spiro atoms. The molecule has 170 valence electrons. The fourth-order valence-corrected chi connectivity index (χ4v) is 4.10. The molecule has 2 fully saturated rings. The molecule has 30 heavy (non-hydrogen) atoms. The summed E-state index contributed by atoms with van der Waals surface area (Å²) in [5, 5.41) is 6.26. The van der Waals surface area contributed by atoms with E-state index in [-0.39, 0.29) is 36.6 Å². The minimum Gasteiger partial charge on any atom is -0.384 e. The van der Waals surface area contributed by atoms with E-state index < -0.39 is 5.41 Å². The number of piperidine rings is 1. The molecule has 9 heteroatoms. The van der Waals surface area contributed by atoms with E-state index in [1.165, 1.54) is 5.69 Å². The Hall–Kier alpha value is -1.54. The zero-order valence-corrected chi connectivity index (χ0v) is 19.2. The Labute approximate surface area is 191 Å². The van der Waals surface area contributed by atoms with Crippen molar-refractivity contribution in [3.63, 3.8) is 0 Å². The molecule has 0 atom stereocenters. The van der Waals surface area contributed by atoms with Crippen molar-refractivity contribution in [2.75, 3.05) is 64.4 Å². The molecule has 0 aliphatic carbocycles. The molecule has 1 aromatic rings. The van der Waals surface area contributed by atoms with Gasteiger partial charge in [-0.05, 0) is 38.1 Å². The van der Waals surface area contributed by atoms with Crippen molar-refractivity contribution in [1.29, 1.82) is 0 Å². The van der Waals surface area contributed by atoms with E-state index in [4.69, 9.17) is 4.74 Å². The highest BCUT2D eigenvalue weighted by Gasteiger charge is 2.39. The Morgan fingerprint density at radius 3 is 2.30 bits per heavy atom. The van der Waals surface area contributed by atoms with Gasteiger partial charge in [0.15, 0.2) is 0 Å². The number of halogens is 2. The molecular formula is C21H34Cl2N4O3. The summed E-state index contributed by atoms with van der Waals surface area (Å²) in [5.74, 6) is 0.122. The summed E-state index contributed by atoms with van der Waals surface area (Å²) in [5.41, 5.74) is 0.733. The highest BCUT2D eigenvalue weighted by molar-refractivity contribution is 5.85. The van der Waals surface area contributed by atoms with Crippen molar-refractivity contribution in [3.05, 3.63) is 30.3 Å². The number of carbonyl (C=O) groups excluding carboxylic acids is 2. The van der Waals surface area contributed by atoms with Crippen LogP contribution in [0.2, 0.25) is 0 Å². The Morgan fingerprint density at radius 1 is 1.07 bits per heavy atom. The first kappa shape index (κ1) is 26.5. The number of hydrogen-bond acceptors (Lipinski definition) is 5. The number of methoxy groups -OCH3 is 1. The van der Waals surface area contributed by atoms with Crippen molar-refractivity contribution in [1.82, 2.24) is 15.5 Å². The maximum atomic E-state index is 12.7. The van der Waals surface area contributed by atoms with Gasteiger partial charge < -0.3 is 25.2 Å². The number of hydrogen-bond donors (Lipinski definition) is 2. The summed E-state index contributed by atoms with van der Waals surface area (Å²) in [6.07, 6.45) is 1.88. The van der Waals surface area contributed by atoms with Crippen LogP contribution < -0.4 is 15.5 Å². The van der Waals surface area contributed by atoms with Gasteiger partial charge >= 0.3 is 0 Å². The van der Waals surface area contributed by atoms with Crippen LogP contribution in [0.1, 0.15) is 19.3 Å². The van der Waals surface area contributed by atoms with Crippen LogP contribution in [0.25, 0.3) is 0 Å². The third-order valence-electron chi connectivity index (χ3n) is 5.84. The molecular weight excluding hydrogens is 427 g/mol. The first-order valence-corrected chi connectivity index (χ1v) is 10.2. The molecule has 0 aromatic heterocycles. The predicted molar refractivity (Wildman–Crippen MR) is 124 cm³/mol. The average molecular weight is 461 g/mol. The third-order valence-corrected chi connectivity index (χ3v) is 5.84. The predicted octanol–water partition coefficient (Wildman–Crippen LogP) is 1.70. The average Bonchev–Trinajstić information content (AvgIpc) is 2.75. The molecule has 0 radical (unpaired) electrons. The van der Waals surface area contributed by atoms with Gasteiger partial charge in [0.2, 0.25) is 11.8 Å². The molecule has 0 saturated carbocycles. The number of ether oxygens (including phenoxy) is 1. The highest BCUT2D eigenvalue weighted by Crippen LogP contribution is 2.29. The minimum absolute atomic E-state index is 0. The van der Waals surface area contributed by atoms with Crippen molar-refractivity contribution < 1.29 is 14.3 Å². The number of carbonyl (C=O) groups is 2. The van der Waals surface area contributed by atoms with Crippen LogP contribution in [0.4, 0.5) is 5.69 Å². The van der Waals surface area contributed by atoms with E-state index in [9.17, 15) is 9.59 Å². The van der Waals surface area contributed by atoms with Gasteiger partial charge in [-0.3, -0.25) is 9.59 Å². The van der Waals surface area contributed by atoms with Crippen LogP contribution >= 0.6 is 24.8 Å². The van der Waals surface area contributed by atoms with Crippen molar-refractivity contribution in [2.24, 2.45) is 5.41 Å². The van der Waals surface area contributed by atoms with E-state index in [1.54, 1.807) is 7.11 Å². The molecule has 2 aliphatic rings. The van der Waals surface area contributed by atoms with Crippen molar-refractivity contribution in [3.8, 4) is 0 Å². The maximum Gasteiger partial charge on any atom is 0.228 e. The monoisotopic (exact) mass is 460 g/mol. The number of para-hydroxylation sites is 1. The Balaban J connectivity index is 0.00000225. The zero-order valence-electron chi connectivity index (χ0n) is 17.6. The minimum atomic E-state index is -0.468. The van der Waals surface area contributed by atoms with E-state index in [0.717, 1.165) is 52.1 Å². The number of nitrogens with zero attached hydrogens (tertiary/aromatic N) is 2. The summed E-state index contributed by atoms with van der Waals surface area (Å²) >= 11 is 0. The molecule has 0 unspecified atom stereocenters. The van der Waals surface area contributed by atoms with Crippen LogP contribution in [0.15, 0.2) is 30.3 Å². The number of nitrogens with one attached hydrogen (secondary N) is 2. The molecule has 2 heterocycles. The van der Waals surface area contributed by atoms with Crippen LogP contribution in [0.5, 0.6) is 0 Å². The lowest BCUT2D eigenvalue weighted by Gasteiger charge is -2.36. The van der Waals surface area contributed by atoms with Gasteiger partial charge in [-0.1, -0.05) is 18.2 Å². The SMILES string of the molecule is COCC1(C(=O)NCCC(=O)N2CCN(c3ccccc3)CC2)CCNCC1.Cl.Cl. The van der Waals surface area contributed by atoms with Gasteiger partial charge in [-0.25, -0.2) is 0 Å². The van der Waals surface area contributed by atoms with Gasteiger partial charge in [0, 0.05) is 51.9 Å². The number of anilines is 1. The van der Waals surface area contributed by atoms with E-state index in [2.05, 4.69) is 27.7 Å². The van der Waals surface area contributed by atoms with Crippen LogP contribution in [-0.4, -0.2) is 76.2 Å². The summed E-state index contributed by atoms with van der Waals surface area (Å²) in [6.45, 7) is 5.58. The summed E-state index contributed by atoms with van der Waals surface area (Å²) in [6, 6.07) is 10.3. The van der Waals surface area contributed by atoms with Gasteiger partial charge in [-0.15, -0.1) is 24.8 Å². The van der Waals surface area contributed by atoms with Crippen molar-refractivity contribution >= 4 is 42.3 Å². The lowest BCUT2D eigenvalue weighted by Crippen LogP contribution is -2.51. The lowest BCUT2D eigenvalue weighted by molar-refractivity contribution is -0.136. The normalized spacial score (nSPS) is 18.0. The van der Waals surface area contributed by atoms with Crippen LogP contribution in [0.3, 0.4) is 0 Å². The Morgan fingerprint density at radius 2 is 1.70 bits per heavy atom. The molecule has 2 N–H and O–H groups in total. The Bertz CT molecular complexity index is 643. The van der Waals surface area contributed by atoms with E-state index >= 15 is 0 Å². The second-order valence-corrected chi connectivity index (χ2v) is 7.67. The van der Waals surface area contributed by atoms with Crippen molar-refractivity contribution in [2.45, 2.75) is 19.3 Å². The summed E-state index contributed by atoms with van der Waals surface area (Å²) in [4.78, 5) is 29.4. The maximum absolute atomic E-state index is 12.7. The summed E-state index contributed by atoms with van der Waals surface area (Å²) < 4.78 is 5.31. The van der Waals surface area contributed by atoms with E-state index in [1.807, 2.05) is 23.1 Å². The van der Waals surface area contributed by atoms with Gasteiger partial charge in [0.05, 0.1) is 12.0 Å². The quantitative estimate of drug-likeness (QED) is 0.647. The standard InChI is InChI=1S/C21H32N4O3.2ClH/c1-28-17-21(8-11-22-12-9-21)20(27)23-10-7-19(26)25-15-13-24(14-16-25)18-5-3-2-4-6-18;;/h2-6,22H,7-17H2,1H3,(H,23,27);2*1H. The molecule has 2 saturated heterocycles. The first-order valence-electron chi connectivity index (χ1n) is 10.2. The molecule has 7 nitrogen and oxygen atoms in total. The topological polar surface area (TPSA) is 73.9 Å². The van der Waals surface area contributed by atoms with E-state index in [0.29, 0.717) is 19.6 Å². The summed E-state index contributed by atoms with van der Waals surface area (Å²) in [7, 11) is 1.63. The molecule has 3 rings (SSSR count). The van der Waals surface area contributed by atoms with Gasteiger partial charge in [0.25, 0.3) is 0 Å². The number of rotatable bonds is 7. The third kappa shape index (κ3) is 6.74. The fraction of sp³-hybridized carbons (Fsp3) is 0.619. The molecule has 2 aliphatic heterocycles. The smallest absolute Gasteiger partial charge is 0.228 e. The number of amides is 2. The second-order valence-electron chi connectivity index (χ2n) is 7.67. The Kier molecular flexibility index (Phi) is 11.5. The van der Waals surface area contributed by atoms with Gasteiger partial charge in [0.1, 0.15) is 0 Å². The highest BCUT2D eigenvalue weighted by atomic mass is 35.5.